The molecule has 2 N–H and O–H groups in total. The molecule has 0 bridgehead atoms. The molecule has 2 aliphatic heterocycles. The second-order valence-electron chi connectivity index (χ2n) is 7.92. The first-order valence-corrected chi connectivity index (χ1v) is 9.66. The van der Waals surface area contributed by atoms with Gasteiger partial charge in [0.25, 0.3) is 0 Å². The Morgan fingerprint density at radius 2 is 1.86 bits per heavy atom. The molecule has 29 heavy (non-hydrogen) atoms. The Bertz CT molecular complexity index is 1030. The zero-order valence-electron chi connectivity index (χ0n) is 16.5. The number of amides is 1. The maximum atomic E-state index is 12.6. The molecule has 0 saturated carbocycles. The Morgan fingerprint density at radius 3 is 2.52 bits per heavy atom. The maximum absolute atomic E-state index is 12.6. The van der Waals surface area contributed by atoms with Crippen LogP contribution in [-0.2, 0) is 16.0 Å². The van der Waals surface area contributed by atoms with E-state index in [-0.39, 0.29) is 74.9 Å². The number of aryl methyl sites for hydroxylation is 1. The Kier molecular flexibility index (Phi) is 5.61. The zero-order valence-corrected chi connectivity index (χ0v) is 19.6. The number of β-lactam (4-membered cyclic amide) rings is 1. The van der Waals surface area contributed by atoms with Crippen molar-refractivity contribution in [3.8, 4) is 11.1 Å². The van der Waals surface area contributed by atoms with Gasteiger partial charge in [-0.25, -0.2) is 4.79 Å². The smallest absolute Gasteiger partial charge is 0.352 e. The normalized spacial score (nSPS) is 25.4. The maximum Gasteiger partial charge on any atom is 0.352 e. The molecule has 0 aromatic heterocycles. The monoisotopic (exact) mass is 414 g/mol. The molecule has 0 spiro atoms. The predicted molar refractivity (Wildman–Crippen MR) is 110 cm³/mol. The molecule has 1 radical (unpaired) electrons. The third kappa shape index (κ3) is 3.09. The number of aliphatic carboxylic acids is 1. The molecule has 1 fully saturated rings. The van der Waals surface area contributed by atoms with Crippen molar-refractivity contribution in [1.29, 1.82) is 0 Å². The van der Waals surface area contributed by atoms with E-state index in [1.807, 2.05) is 30.3 Å². The largest absolute Gasteiger partial charge is 0.477 e. The molecule has 4 atom stereocenters. The number of aliphatic hydroxyl groups excluding tert-OH is 1. The molecule has 3 aliphatic rings. The molecule has 5 rings (SSSR count). The summed E-state index contributed by atoms with van der Waals surface area (Å²) in [6.45, 7) is 1.61. The Morgan fingerprint density at radius 1 is 1.14 bits per heavy atom. The van der Waals surface area contributed by atoms with Crippen LogP contribution in [0.5, 0.6) is 0 Å². The number of carbonyl (C=O) groups excluding carboxylic acids is 1. The van der Waals surface area contributed by atoms with Gasteiger partial charge in [0, 0.05) is 57.3 Å². The summed E-state index contributed by atoms with van der Waals surface area (Å²) in [7, 11) is 0. The van der Waals surface area contributed by atoms with Crippen LogP contribution >= 0.6 is 0 Å². The van der Waals surface area contributed by atoms with E-state index in [0.717, 1.165) is 40.7 Å². The number of nitrogens with zero attached hydrogens (tertiary/aromatic N) is 1. The van der Waals surface area contributed by atoms with Crippen LogP contribution in [0.4, 0.5) is 0 Å². The van der Waals surface area contributed by atoms with Crippen LogP contribution in [0.2, 0.25) is 0 Å². The number of fused-ring (bicyclic) bond motifs is 5. The van der Waals surface area contributed by atoms with E-state index in [1.54, 1.807) is 6.92 Å². The van der Waals surface area contributed by atoms with Crippen molar-refractivity contribution in [3.63, 3.8) is 0 Å². The first-order valence-electron chi connectivity index (χ1n) is 9.66. The molecule has 0 unspecified atom stereocenters. The predicted octanol–water partition coefficient (Wildman–Crippen LogP) is 2.55. The first-order chi connectivity index (χ1) is 13.5. The van der Waals surface area contributed by atoms with Gasteiger partial charge < -0.3 is 15.1 Å². The van der Waals surface area contributed by atoms with Crippen LogP contribution in [0, 0.1) is 11.8 Å². The van der Waals surface area contributed by atoms with Gasteiger partial charge in [-0.15, -0.1) is 0 Å². The SMILES string of the molecule is C[C@@H](O)[C@H]1C(=O)N2C(C(=O)O)=C3c4cc(-c5ccccc5)ccc4CC[C@@H]3[C@H]12.[K]. The summed E-state index contributed by atoms with van der Waals surface area (Å²) >= 11 is 0. The average molecular weight is 415 g/mol. The van der Waals surface area contributed by atoms with E-state index >= 15 is 0 Å². The van der Waals surface area contributed by atoms with Crippen LogP contribution in [0.15, 0.2) is 54.2 Å². The molecule has 1 saturated heterocycles. The summed E-state index contributed by atoms with van der Waals surface area (Å²) in [4.78, 5) is 26.2. The van der Waals surface area contributed by atoms with Crippen LogP contribution in [-0.4, -0.2) is 90.5 Å². The number of rotatable bonds is 3. The van der Waals surface area contributed by atoms with E-state index in [0.29, 0.717) is 0 Å². The zero-order chi connectivity index (χ0) is 19.6. The minimum atomic E-state index is -1.07. The van der Waals surface area contributed by atoms with E-state index in [9.17, 15) is 19.8 Å². The molecular formula is C23H21KNO4. The van der Waals surface area contributed by atoms with Crippen LogP contribution in [0.1, 0.15) is 24.5 Å². The van der Waals surface area contributed by atoms with Gasteiger partial charge in [0.05, 0.1) is 18.1 Å². The van der Waals surface area contributed by atoms with Gasteiger partial charge in [-0.1, -0.05) is 42.5 Å². The molecule has 1 amide bonds. The number of carboxylic acid groups (broad SMARTS) is 1. The number of carbonyl (C=O) groups is 2. The van der Waals surface area contributed by atoms with Gasteiger partial charge in [0.15, 0.2) is 0 Å². The van der Waals surface area contributed by atoms with Crippen molar-refractivity contribution in [2.45, 2.75) is 31.9 Å². The summed E-state index contributed by atoms with van der Waals surface area (Å²) in [5.41, 5.74) is 5.01. The third-order valence-corrected chi connectivity index (χ3v) is 6.42. The molecule has 1 aliphatic carbocycles. The van der Waals surface area contributed by atoms with Gasteiger partial charge in [0.1, 0.15) is 5.70 Å². The number of aliphatic hydroxyl groups is 1. The fourth-order valence-electron chi connectivity index (χ4n) is 5.22. The molecule has 2 aromatic carbocycles. The summed E-state index contributed by atoms with van der Waals surface area (Å²) in [6.07, 6.45) is 0.859. The number of hydrogen-bond donors (Lipinski definition) is 2. The summed E-state index contributed by atoms with van der Waals surface area (Å²) in [6, 6.07) is 15.9. The van der Waals surface area contributed by atoms with E-state index in [1.165, 1.54) is 4.90 Å². The molecule has 2 heterocycles. The second-order valence-corrected chi connectivity index (χ2v) is 7.92. The van der Waals surface area contributed by atoms with Gasteiger partial charge in [-0.05, 0) is 53.7 Å². The van der Waals surface area contributed by atoms with Gasteiger partial charge in [-0.3, -0.25) is 4.79 Å². The van der Waals surface area contributed by atoms with Crippen molar-refractivity contribution in [1.82, 2.24) is 4.90 Å². The van der Waals surface area contributed by atoms with E-state index in [2.05, 4.69) is 18.2 Å². The summed E-state index contributed by atoms with van der Waals surface area (Å²) in [5, 5.41) is 20.0. The van der Waals surface area contributed by atoms with Crippen molar-refractivity contribution in [2.24, 2.45) is 11.8 Å². The van der Waals surface area contributed by atoms with Gasteiger partial charge in [-0.2, -0.15) is 0 Å². The number of benzene rings is 2. The summed E-state index contributed by atoms with van der Waals surface area (Å²) < 4.78 is 0. The number of hydrogen-bond acceptors (Lipinski definition) is 3. The van der Waals surface area contributed by atoms with Crippen LogP contribution < -0.4 is 0 Å². The molecule has 6 heteroatoms. The fourth-order valence-corrected chi connectivity index (χ4v) is 5.22. The van der Waals surface area contributed by atoms with Crippen molar-refractivity contribution in [2.75, 3.05) is 0 Å². The van der Waals surface area contributed by atoms with Crippen molar-refractivity contribution >= 4 is 68.8 Å². The quantitative estimate of drug-likeness (QED) is 0.598. The van der Waals surface area contributed by atoms with Crippen molar-refractivity contribution in [3.05, 3.63) is 65.4 Å². The Labute approximate surface area is 211 Å². The fraction of sp³-hybridized carbons (Fsp3) is 0.304. The second kappa shape index (κ2) is 7.76. The third-order valence-electron chi connectivity index (χ3n) is 6.42. The minimum absolute atomic E-state index is 0. The Hall–Kier alpha value is -1.28. The topological polar surface area (TPSA) is 77.8 Å². The molecule has 2 aromatic rings. The minimum Gasteiger partial charge on any atom is -0.477 e. The van der Waals surface area contributed by atoms with Crippen LogP contribution in [0.25, 0.3) is 16.7 Å². The molecular weight excluding hydrogens is 393 g/mol. The van der Waals surface area contributed by atoms with Gasteiger partial charge >= 0.3 is 5.97 Å². The van der Waals surface area contributed by atoms with Crippen LogP contribution in [0.3, 0.4) is 0 Å². The van der Waals surface area contributed by atoms with E-state index < -0.39 is 18.0 Å². The molecule has 5 nitrogen and oxygen atoms in total. The first kappa shape index (κ1) is 21.0. The summed E-state index contributed by atoms with van der Waals surface area (Å²) in [5.74, 6) is -1.91. The number of carboxylic acids is 1. The molecule has 143 valence electrons. The standard InChI is InChI=1S/C23H21NO4.K/c1-12(25)18-20-16-10-9-14-7-8-15(13-5-3-2-4-6-13)11-17(14)19(16)21(23(27)28)24(20)22(18)26;/h2-8,11-12,16,18,20,25H,9-10H2,1H3,(H,27,28);/t12-,16+,18-,20-;/m1./s1. The van der Waals surface area contributed by atoms with E-state index in [4.69, 9.17) is 0 Å². The van der Waals surface area contributed by atoms with Gasteiger partial charge in [0.2, 0.25) is 5.91 Å². The average Bonchev–Trinajstić information content (AvgIpc) is 2.99. The van der Waals surface area contributed by atoms with Crippen molar-refractivity contribution < 1.29 is 19.8 Å². The Balaban J connectivity index is 0.00000205.